The van der Waals surface area contributed by atoms with Gasteiger partial charge in [0.25, 0.3) is 11.8 Å². The Kier molecular flexibility index (Phi) is 9.80. The number of piperidine rings is 1. The van der Waals surface area contributed by atoms with Crippen LogP contribution in [0.25, 0.3) is 0 Å². The zero-order valence-electron chi connectivity index (χ0n) is 20.8. The molecule has 0 radical (unpaired) electrons. The second-order valence-electron chi connectivity index (χ2n) is 9.63. The Morgan fingerprint density at radius 3 is 2.33 bits per heavy atom. The summed E-state index contributed by atoms with van der Waals surface area (Å²) < 4.78 is 0. The van der Waals surface area contributed by atoms with E-state index in [2.05, 4.69) is 25.7 Å². The maximum Gasteiger partial charge on any atom is 0.286 e. The number of hydrogen-bond acceptors (Lipinski definition) is 7. The molecule has 2 aliphatic rings. The van der Waals surface area contributed by atoms with E-state index in [0.29, 0.717) is 25.2 Å². The van der Waals surface area contributed by atoms with Crippen LogP contribution in [0, 0.1) is 5.92 Å². The number of para-hydroxylation sites is 1. The van der Waals surface area contributed by atoms with Crippen molar-refractivity contribution in [3.8, 4) is 0 Å². The summed E-state index contributed by atoms with van der Waals surface area (Å²) in [6, 6.07) is 9.09. The lowest BCUT2D eigenvalue weighted by atomic mass is 9.93. The van der Waals surface area contributed by atoms with Crippen molar-refractivity contribution >= 4 is 34.7 Å². The highest BCUT2D eigenvalue weighted by Gasteiger charge is 2.28. The molecule has 0 unspecified atom stereocenters. The number of likely N-dealkylation sites (tertiary alicyclic amines) is 2. The van der Waals surface area contributed by atoms with E-state index in [1.807, 2.05) is 18.2 Å². The summed E-state index contributed by atoms with van der Waals surface area (Å²) in [7, 11) is 0. The van der Waals surface area contributed by atoms with Gasteiger partial charge in [0.1, 0.15) is 0 Å². The summed E-state index contributed by atoms with van der Waals surface area (Å²) in [5.41, 5.74) is 0.661. The molecule has 0 spiro atoms. The number of anilines is 1. The number of aromatic nitrogens is 2. The van der Waals surface area contributed by atoms with Crippen molar-refractivity contribution in [3.63, 3.8) is 0 Å². The summed E-state index contributed by atoms with van der Waals surface area (Å²) in [5, 5.41) is 14.1. The van der Waals surface area contributed by atoms with Gasteiger partial charge in [-0.05, 0) is 69.8 Å². The fraction of sp³-hybridized carbons (Fsp3) is 0.577. The third-order valence-corrected chi connectivity index (χ3v) is 7.79. The molecular weight excluding hydrogens is 476 g/mol. The predicted octanol–water partition coefficient (Wildman–Crippen LogP) is 3.42. The number of benzene rings is 1. The Balaban J connectivity index is 1.14. The number of rotatable bonds is 9. The quantitative estimate of drug-likeness (QED) is 0.499. The lowest BCUT2D eigenvalue weighted by molar-refractivity contribution is -0.122. The number of carbonyl (C=O) groups is 3. The first-order valence-corrected chi connectivity index (χ1v) is 13.9. The van der Waals surface area contributed by atoms with Gasteiger partial charge in [0.2, 0.25) is 15.9 Å². The molecule has 1 aromatic heterocycles. The van der Waals surface area contributed by atoms with Gasteiger partial charge in [0.15, 0.2) is 0 Å². The molecule has 2 aliphatic heterocycles. The van der Waals surface area contributed by atoms with Crippen LogP contribution in [-0.4, -0.2) is 77.0 Å². The molecule has 4 rings (SSSR count). The summed E-state index contributed by atoms with van der Waals surface area (Å²) in [6.45, 7) is 5.31. The SMILES string of the molecule is O=C(CC1CCN(C(=O)c2nnc(C(=O)Nc3ccccc3)s2)CC1)NCCCN1CCCCCC1. The summed E-state index contributed by atoms with van der Waals surface area (Å²) >= 11 is 1.00. The molecule has 2 saturated heterocycles. The fourth-order valence-electron chi connectivity index (χ4n) is 4.81. The third kappa shape index (κ3) is 7.83. The molecule has 10 heteroatoms. The van der Waals surface area contributed by atoms with E-state index in [9.17, 15) is 14.4 Å². The fourth-order valence-corrected chi connectivity index (χ4v) is 5.51. The van der Waals surface area contributed by atoms with Gasteiger partial charge < -0.3 is 20.4 Å². The summed E-state index contributed by atoms with van der Waals surface area (Å²) in [6.07, 6.45) is 8.33. The van der Waals surface area contributed by atoms with Gasteiger partial charge >= 0.3 is 0 Å². The largest absolute Gasteiger partial charge is 0.356 e. The molecule has 0 bridgehead atoms. The Morgan fingerprint density at radius 1 is 0.917 bits per heavy atom. The second-order valence-corrected chi connectivity index (χ2v) is 10.6. The van der Waals surface area contributed by atoms with Crippen LogP contribution < -0.4 is 10.6 Å². The average molecular weight is 513 g/mol. The molecule has 3 amide bonds. The van der Waals surface area contributed by atoms with Crippen LogP contribution in [-0.2, 0) is 4.79 Å². The van der Waals surface area contributed by atoms with Crippen molar-refractivity contribution in [1.82, 2.24) is 25.3 Å². The average Bonchev–Trinajstić information content (AvgIpc) is 3.25. The van der Waals surface area contributed by atoms with Crippen molar-refractivity contribution in [2.24, 2.45) is 5.92 Å². The van der Waals surface area contributed by atoms with Crippen LogP contribution in [0.2, 0.25) is 0 Å². The van der Waals surface area contributed by atoms with Gasteiger partial charge in [-0.15, -0.1) is 10.2 Å². The lowest BCUT2D eigenvalue weighted by Gasteiger charge is -2.31. The van der Waals surface area contributed by atoms with E-state index in [-0.39, 0.29) is 33.7 Å². The molecule has 36 heavy (non-hydrogen) atoms. The molecule has 0 atom stereocenters. The van der Waals surface area contributed by atoms with Gasteiger partial charge in [0.05, 0.1) is 0 Å². The monoisotopic (exact) mass is 512 g/mol. The number of carbonyl (C=O) groups excluding carboxylic acids is 3. The first-order chi connectivity index (χ1) is 17.6. The molecule has 3 heterocycles. The van der Waals surface area contributed by atoms with Crippen molar-refractivity contribution in [2.45, 2.75) is 51.4 Å². The normalized spacial score (nSPS) is 17.4. The topological polar surface area (TPSA) is 108 Å². The predicted molar refractivity (Wildman–Crippen MR) is 140 cm³/mol. The molecule has 2 N–H and O–H groups in total. The standard InChI is InChI=1S/C26H36N6O3S/c33-22(27-13-8-16-31-14-6-1-2-7-15-31)19-20-11-17-32(18-12-20)26(35)25-30-29-24(36-25)23(34)28-21-9-4-3-5-10-21/h3-5,9-10,20H,1-2,6-8,11-19H2,(H,27,33)(H,28,34). The maximum absolute atomic E-state index is 12.9. The van der Waals surface area contributed by atoms with E-state index in [4.69, 9.17) is 0 Å². The molecular formula is C26H36N6O3S. The van der Waals surface area contributed by atoms with Crippen molar-refractivity contribution in [3.05, 3.63) is 40.3 Å². The van der Waals surface area contributed by atoms with E-state index in [1.54, 1.807) is 17.0 Å². The van der Waals surface area contributed by atoms with E-state index >= 15 is 0 Å². The van der Waals surface area contributed by atoms with E-state index in [0.717, 1.165) is 43.7 Å². The number of nitrogens with zero attached hydrogens (tertiary/aromatic N) is 4. The van der Waals surface area contributed by atoms with Crippen LogP contribution >= 0.6 is 11.3 Å². The molecule has 0 aliphatic carbocycles. The first kappa shape index (κ1) is 26.2. The minimum atomic E-state index is -0.381. The van der Waals surface area contributed by atoms with Gasteiger partial charge in [-0.2, -0.15) is 0 Å². The van der Waals surface area contributed by atoms with Gasteiger partial charge in [0, 0.05) is 31.7 Å². The zero-order valence-corrected chi connectivity index (χ0v) is 21.6. The van der Waals surface area contributed by atoms with Crippen molar-refractivity contribution in [2.75, 3.05) is 44.6 Å². The first-order valence-electron chi connectivity index (χ1n) is 13.1. The molecule has 2 aromatic rings. The Labute approximate surface area is 216 Å². The van der Waals surface area contributed by atoms with Crippen molar-refractivity contribution < 1.29 is 14.4 Å². The second kappa shape index (κ2) is 13.5. The Morgan fingerprint density at radius 2 is 1.61 bits per heavy atom. The molecule has 9 nitrogen and oxygen atoms in total. The van der Waals surface area contributed by atoms with Crippen molar-refractivity contribution in [1.29, 1.82) is 0 Å². The van der Waals surface area contributed by atoms with E-state index < -0.39 is 0 Å². The van der Waals surface area contributed by atoms with Crippen LogP contribution in [0.1, 0.15) is 71.0 Å². The summed E-state index contributed by atoms with van der Waals surface area (Å²) in [5.74, 6) is -0.202. The van der Waals surface area contributed by atoms with Crippen LogP contribution in [0.5, 0.6) is 0 Å². The van der Waals surface area contributed by atoms with Gasteiger partial charge in [-0.1, -0.05) is 42.4 Å². The molecule has 1 aromatic carbocycles. The highest BCUT2D eigenvalue weighted by Crippen LogP contribution is 2.23. The molecule has 194 valence electrons. The van der Waals surface area contributed by atoms with Gasteiger partial charge in [-0.3, -0.25) is 14.4 Å². The molecule has 0 saturated carbocycles. The van der Waals surface area contributed by atoms with Crippen LogP contribution in [0.15, 0.2) is 30.3 Å². The lowest BCUT2D eigenvalue weighted by Crippen LogP contribution is -2.39. The molecule has 2 fully saturated rings. The Bertz CT molecular complexity index is 998. The number of hydrogen-bond donors (Lipinski definition) is 2. The maximum atomic E-state index is 12.9. The number of nitrogens with one attached hydrogen (secondary N) is 2. The minimum Gasteiger partial charge on any atom is -0.356 e. The number of amides is 3. The summed E-state index contributed by atoms with van der Waals surface area (Å²) in [4.78, 5) is 41.9. The zero-order chi connectivity index (χ0) is 25.2. The highest BCUT2D eigenvalue weighted by atomic mass is 32.1. The third-order valence-electron chi connectivity index (χ3n) is 6.88. The smallest absolute Gasteiger partial charge is 0.286 e. The Hall–Kier alpha value is -2.85. The highest BCUT2D eigenvalue weighted by molar-refractivity contribution is 7.15. The van der Waals surface area contributed by atoms with E-state index in [1.165, 1.54) is 38.8 Å². The van der Waals surface area contributed by atoms with Gasteiger partial charge in [-0.25, -0.2) is 0 Å². The van der Waals surface area contributed by atoms with Crippen LogP contribution in [0.4, 0.5) is 5.69 Å². The van der Waals surface area contributed by atoms with Crippen LogP contribution in [0.3, 0.4) is 0 Å². The minimum absolute atomic E-state index is 0.105.